The lowest BCUT2D eigenvalue weighted by molar-refractivity contribution is 0.881. The number of nitrogens with zero attached hydrogens (tertiary/aromatic N) is 4. The van der Waals surface area contributed by atoms with Crippen molar-refractivity contribution >= 4 is 5.65 Å². The second kappa shape index (κ2) is 5.25. The SMILES string of the molecule is C=CCc1c(C)nc(Cc2ccccc2)n2cnnc12. The van der Waals surface area contributed by atoms with E-state index < -0.39 is 0 Å². The van der Waals surface area contributed by atoms with E-state index in [2.05, 4.69) is 28.9 Å². The minimum absolute atomic E-state index is 0.757. The molecule has 0 amide bonds. The number of hydrogen-bond donors (Lipinski definition) is 0. The van der Waals surface area contributed by atoms with E-state index >= 15 is 0 Å². The van der Waals surface area contributed by atoms with E-state index in [0.717, 1.165) is 35.6 Å². The first kappa shape index (κ1) is 12.5. The Morgan fingerprint density at radius 2 is 2.05 bits per heavy atom. The van der Waals surface area contributed by atoms with Gasteiger partial charge >= 0.3 is 0 Å². The Hall–Kier alpha value is -2.49. The molecule has 20 heavy (non-hydrogen) atoms. The van der Waals surface area contributed by atoms with Gasteiger partial charge in [0.05, 0.1) is 0 Å². The third-order valence-corrected chi connectivity index (χ3v) is 3.38. The van der Waals surface area contributed by atoms with Gasteiger partial charge in [-0.3, -0.25) is 4.40 Å². The van der Waals surface area contributed by atoms with Gasteiger partial charge in [0.25, 0.3) is 0 Å². The highest BCUT2D eigenvalue weighted by Crippen LogP contribution is 2.17. The highest BCUT2D eigenvalue weighted by Gasteiger charge is 2.12. The predicted molar refractivity (Wildman–Crippen MR) is 78.7 cm³/mol. The summed E-state index contributed by atoms with van der Waals surface area (Å²) in [5, 5.41) is 8.25. The number of rotatable bonds is 4. The van der Waals surface area contributed by atoms with Crippen LogP contribution in [0.5, 0.6) is 0 Å². The van der Waals surface area contributed by atoms with Crippen molar-refractivity contribution in [1.82, 2.24) is 19.6 Å². The summed E-state index contributed by atoms with van der Waals surface area (Å²) in [7, 11) is 0. The quantitative estimate of drug-likeness (QED) is 0.680. The lowest BCUT2D eigenvalue weighted by Gasteiger charge is -2.10. The first-order valence-corrected chi connectivity index (χ1v) is 6.62. The van der Waals surface area contributed by atoms with Crippen LogP contribution in [-0.4, -0.2) is 19.6 Å². The molecule has 0 saturated heterocycles. The van der Waals surface area contributed by atoms with Gasteiger partial charge in [-0.2, -0.15) is 0 Å². The Labute approximate surface area is 117 Å². The van der Waals surface area contributed by atoms with Crippen LogP contribution in [0.2, 0.25) is 0 Å². The molecule has 0 atom stereocenters. The summed E-state index contributed by atoms with van der Waals surface area (Å²) in [6, 6.07) is 10.3. The predicted octanol–water partition coefficient (Wildman–Crippen LogP) is 2.75. The van der Waals surface area contributed by atoms with Crippen LogP contribution in [0.25, 0.3) is 5.65 Å². The molecule has 0 radical (unpaired) electrons. The van der Waals surface area contributed by atoms with Crippen molar-refractivity contribution in [3.63, 3.8) is 0 Å². The van der Waals surface area contributed by atoms with Crippen molar-refractivity contribution in [1.29, 1.82) is 0 Å². The Balaban J connectivity index is 2.10. The topological polar surface area (TPSA) is 43.1 Å². The van der Waals surface area contributed by atoms with Gasteiger partial charge in [0.15, 0.2) is 5.65 Å². The molecule has 3 rings (SSSR count). The molecule has 4 heteroatoms. The minimum atomic E-state index is 0.757. The molecule has 3 aromatic rings. The van der Waals surface area contributed by atoms with Crippen LogP contribution in [0.1, 0.15) is 22.6 Å². The summed E-state index contributed by atoms with van der Waals surface area (Å²) in [6.45, 7) is 5.81. The molecule has 100 valence electrons. The Kier molecular flexibility index (Phi) is 3.29. The standard InChI is InChI=1S/C16H16N4/c1-3-7-14-12(2)18-15(20-11-17-19-16(14)20)10-13-8-5-4-6-9-13/h3-6,8-9,11H,1,7,10H2,2H3. The molecule has 0 N–H and O–H groups in total. The first-order valence-electron chi connectivity index (χ1n) is 6.62. The molecule has 0 aliphatic rings. The van der Waals surface area contributed by atoms with Crippen LogP contribution in [0.15, 0.2) is 49.3 Å². The smallest absolute Gasteiger partial charge is 0.167 e. The normalized spacial score (nSPS) is 10.8. The van der Waals surface area contributed by atoms with Gasteiger partial charge in [0.2, 0.25) is 0 Å². The second-order valence-electron chi connectivity index (χ2n) is 4.77. The highest BCUT2D eigenvalue weighted by molar-refractivity contribution is 5.50. The molecular formula is C16H16N4. The van der Waals surface area contributed by atoms with E-state index in [-0.39, 0.29) is 0 Å². The van der Waals surface area contributed by atoms with E-state index in [1.807, 2.05) is 35.6 Å². The minimum Gasteiger partial charge on any atom is -0.269 e. The van der Waals surface area contributed by atoms with Gasteiger partial charge in [-0.05, 0) is 18.9 Å². The average molecular weight is 264 g/mol. The zero-order chi connectivity index (χ0) is 13.9. The summed E-state index contributed by atoms with van der Waals surface area (Å²) in [4.78, 5) is 4.72. The lowest BCUT2D eigenvalue weighted by Crippen LogP contribution is -2.07. The van der Waals surface area contributed by atoms with Gasteiger partial charge < -0.3 is 0 Å². The molecule has 0 unspecified atom stereocenters. The number of aromatic nitrogens is 4. The number of aryl methyl sites for hydroxylation is 1. The van der Waals surface area contributed by atoms with E-state index in [1.54, 1.807) is 6.33 Å². The molecule has 2 heterocycles. The molecule has 0 bridgehead atoms. The van der Waals surface area contributed by atoms with Crippen LogP contribution in [0.3, 0.4) is 0 Å². The summed E-state index contributed by atoms with van der Waals surface area (Å²) in [6.07, 6.45) is 5.12. The molecule has 0 saturated carbocycles. The summed E-state index contributed by atoms with van der Waals surface area (Å²) >= 11 is 0. The van der Waals surface area contributed by atoms with Gasteiger partial charge in [0.1, 0.15) is 12.2 Å². The van der Waals surface area contributed by atoms with Crippen LogP contribution in [0, 0.1) is 6.92 Å². The Morgan fingerprint density at radius 3 is 2.80 bits per heavy atom. The lowest BCUT2D eigenvalue weighted by atomic mass is 10.1. The third kappa shape index (κ3) is 2.20. The summed E-state index contributed by atoms with van der Waals surface area (Å²) in [5.74, 6) is 0.960. The number of allylic oxidation sites excluding steroid dienone is 1. The maximum absolute atomic E-state index is 4.72. The van der Waals surface area contributed by atoms with Gasteiger partial charge in [-0.1, -0.05) is 36.4 Å². The van der Waals surface area contributed by atoms with Gasteiger partial charge in [-0.25, -0.2) is 4.98 Å². The van der Waals surface area contributed by atoms with E-state index in [0.29, 0.717) is 0 Å². The van der Waals surface area contributed by atoms with E-state index in [1.165, 1.54) is 5.56 Å². The zero-order valence-electron chi connectivity index (χ0n) is 11.5. The van der Waals surface area contributed by atoms with Crippen LogP contribution in [0.4, 0.5) is 0 Å². The zero-order valence-corrected chi connectivity index (χ0v) is 11.5. The van der Waals surface area contributed by atoms with Gasteiger partial charge in [0, 0.05) is 17.7 Å². The fraction of sp³-hybridized carbons (Fsp3) is 0.188. The molecule has 0 fully saturated rings. The number of hydrogen-bond acceptors (Lipinski definition) is 3. The fourth-order valence-electron chi connectivity index (χ4n) is 2.39. The van der Waals surface area contributed by atoms with Crippen molar-refractivity contribution in [2.24, 2.45) is 0 Å². The number of fused-ring (bicyclic) bond motifs is 1. The molecule has 4 nitrogen and oxygen atoms in total. The Bertz CT molecular complexity index is 744. The maximum atomic E-state index is 4.72. The van der Waals surface area contributed by atoms with Crippen LogP contribution in [-0.2, 0) is 12.8 Å². The van der Waals surface area contributed by atoms with E-state index in [9.17, 15) is 0 Å². The van der Waals surface area contributed by atoms with E-state index in [4.69, 9.17) is 4.98 Å². The molecule has 1 aromatic carbocycles. The van der Waals surface area contributed by atoms with Crippen molar-refractivity contribution < 1.29 is 0 Å². The van der Waals surface area contributed by atoms with Crippen molar-refractivity contribution in [3.8, 4) is 0 Å². The monoisotopic (exact) mass is 264 g/mol. The average Bonchev–Trinajstić information content (AvgIpc) is 2.94. The molecule has 0 spiro atoms. The third-order valence-electron chi connectivity index (χ3n) is 3.38. The molecule has 0 aliphatic heterocycles. The maximum Gasteiger partial charge on any atom is 0.167 e. The second-order valence-corrected chi connectivity index (χ2v) is 4.77. The highest BCUT2D eigenvalue weighted by atomic mass is 15.2. The van der Waals surface area contributed by atoms with Gasteiger partial charge in [-0.15, -0.1) is 16.8 Å². The fourth-order valence-corrected chi connectivity index (χ4v) is 2.39. The van der Waals surface area contributed by atoms with Crippen molar-refractivity contribution in [3.05, 3.63) is 72.0 Å². The molecule has 2 aromatic heterocycles. The first-order chi connectivity index (χ1) is 9.79. The Morgan fingerprint density at radius 1 is 1.25 bits per heavy atom. The van der Waals surface area contributed by atoms with Crippen LogP contribution >= 0.6 is 0 Å². The van der Waals surface area contributed by atoms with Crippen LogP contribution < -0.4 is 0 Å². The molecule has 0 aliphatic carbocycles. The summed E-state index contributed by atoms with van der Waals surface area (Å²) in [5.41, 5.74) is 4.19. The summed E-state index contributed by atoms with van der Waals surface area (Å²) < 4.78 is 1.97. The largest absolute Gasteiger partial charge is 0.269 e. The number of benzene rings is 1. The molecular weight excluding hydrogens is 248 g/mol. The van der Waals surface area contributed by atoms with Crippen molar-refractivity contribution in [2.75, 3.05) is 0 Å². The van der Waals surface area contributed by atoms with Crippen molar-refractivity contribution in [2.45, 2.75) is 19.8 Å².